The summed E-state index contributed by atoms with van der Waals surface area (Å²) in [5.41, 5.74) is 1.88. The molecule has 0 radical (unpaired) electrons. The third-order valence-corrected chi connectivity index (χ3v) is 3.65. The van der Waals surface area contributed by atoms with Crippen molar-refractivity contribution in [2.75, 3.05) is 0 Å². The molecule has 100 valence electrons. The van der Waals surface area contributed by atoms with Gasteiger partial charge in [-0.1, -0.05) is 18.2 Å². The summed E-state index contributed by atoms with van der Waals surface area (Å²) in [7, 11) is 0. The van der Waals surface area contributed by atoms with Crippen LogP contribution in [0.3, 0.4) is 0 Å². The second-order valence-corrected chi connectivity index (χ2v) is 5.15. The van der Waals surface area contributed by atoms with Crippen molar-refractivity contribution in [3.05, 3.63) is 53.9 Å². The van der Waals surface area contributed by atoms with E-state index < -0.39 is 0 Å². The highest BCUT2D eigenvalue weighted by Crippen LogP contribution is 2.35. The summed E-state index contributed by atoms with van der Waals surface area (Å²) in [4.78, 5) is 4.20. The monoisotopic (exact) mass is 259 g/mol. The zero-order valence-electron chi connectivity index (χ0n) is 11.0. The fourth-order valence-corrected chi connectivity index (χ4v) is 2.34. The normalized spacial score (nSPS) is 16.5. The largest absolute Gasteiger partial charge is 0.330 e. The first-order valence-electron chi connectivity index (χ1n) is 6.74. The van der Waals surface area contributed by atoms with Gasteiger partial charge in [0.15, 0.2) is 0 Å². The maximum absolute atomic E-state index is 13.7. The average Bonchev–Trinajstić information content (AvgIpc) is 3.15. The second-order valence-electron chi connectivity index (χ2n) is 5.15. The zero-order chi connectivity index (χ0) is 13.2. The molecular formula is C15H18FN3. The van der Waals surface area contributed by atoms with Gasteiger partial charge in [-0.3, -0.25) is 0 Å². The third kappa shape index (κ3) is 2.68. The van der Waals surface area contributed by atoms with Gasteiger partial charge in [0.05, 0.1) is 12.0 Å². The topological polar surface area (TPSA) is 29.9 Å². The fourth-order valence-electron chi connectivity index (χ4n) is 2.34. The van der Waals surface area contributed by atoms with E-state index in [1.165, 1.54) is 24.6 Å². The molecule has 1 aromatic carbocycles. The van der Waals surface area contributed by atoms with Crippen LogP contribution >= 0.6 is 0 Å². The minimum atomic E-state index is -0.154. The Labute approximate surface area is 112 Å². The van der Waals surface area contributed by atoms with Gasteiger partial charge in [0.2, 0.25) is 0 Å². The van der Waals surface area contributed by atoms with Crippen molar-refractivity contribution in [1.82, 2.24) is 14.9 Å². The van der Waals surface area contributed by atoms with E-state index in [2.05, 4.69) is 14.9 Å². The molecular weight excluding hydrogens is 241 g/mol. The molecule has 0 amide bonds. The van der Waals surface area contributed by atoms with Gasteiger partial charge in [-0.05, 0) is 25.8 Å². The van der Waals surface area contributed by atoms with Crippen molar-refractivity contribution < 1.29 is 4.39 Å². The summed E-state index contributed by atoms with van der Waals surface area (Å²) in [6.07, 6.45) is 6.26. The molecule has 3 nitrogen and oxygen atoms in total. The van der Waals surface area contributed by atoms with Gasteiger partial charge in [0, 0.05) is 30.4 Å². The number of halogens is 1. The Bertz CT molecular complexity index is 560. The van der Waals surface area contributed by atoms with Crippen molar-refractivity contribution in [2.45, 2.75) is 38.4 Å². The quantitative estimate of drug-likeness (QED) is 0.893. The Kier molecular flexibility index (Phi) is 3.34. The molecule has 0 aliphatic heterocycles. The molecule has 1 fully saturated rings. The van der Waals surface area contributed by atoms with E-state index in [9.17, 15) is 4.39 Å². The smallest absolute Gasteiger partial charge is 0.127 e. The van der Waals surface area contributed by atoms with Crippen LogP contribution < -0.4 is 5.32 Å². The predicted octanol–water partition coefficient (Wildman–Crippen LogP) is 3.21. The minimum absolute atomic E-state index is 0.0104. The molecule has 0 spiro atoms. The number of aromatic nitrogens is 2. The first kappa shape index (κ1) is 12.4. The van der Waals surface area contributed by atoms with Crippen LogP contribution in [0.1, 0.15) is 43.1 Å². The Hall–Kier alpha value is -1.68. The zero-order valence-corrected chi connectivity index (χ0v) is 11.0. The Morgan fingerprint density at radius 1 is 1.42 bits per heavy atom. The summed E-state index contributed by atoms with van der Waals surface area (Å²) in [6, 6.07) is 7.53. The molecule has 0 saturated heterocycles. The van der Waals surface area contributed by atoms with E-state index in [1.54, 1.807) is 6.07 Å². The summed E-state index contributed by atoms with van der Waals surface area (Å²) >= 11 is 0. The molecule has 4 heteroatoms. The van der Waals surface area contributed by atoms with E-state index in [0.717, 1.165) is 0 Å². The van der Waals surface area contributed by atoms with Gasteiger partial charge in [-0.15, -0.1) is 0 Å². The van der Waals surface area contributed by atoms with Crippen LogP contribution in [0.4, 0.5) is 4.39 Å². The van der Waals surface area contributed by atoms with Crippen LogP contribution in [0.25, 0.3) is 0 Å². The number of rotatable bonds is 5. The lowest BCUT2D eigenvalue weighted by molar-refractivity contribution is 0.514. The lowest BCUT2D eigenvalue weighted by Gasteiger charge is -2.15. The second kappa shape index (κ2) is 5.13. The van der Waals surface area contributed by atoms with E-state index in [1.807, 2.05) is 31.6 Å². The van der Waals surface area contributed by atoms with Gasteiger partial charge in [-0.2, -0.15) is 0 Å². The molecule has 1 heterocycles. The van der Waals surface area contributed by atoms with E-state index >= 15 is 0 Å². The average molecular weight is 259 g/mol. The predicted molar refractivity (Wildman–Crippen MR) is 72.2 cm³/mol. The van der Waals surface area contributed by atoms with Gasteiger partial charge in [0.1, 0.15) is 5.82 Å². The van der Waals surface area contributed by atoms with Crippen molar-refractivity contribution in [1.29, 1.82) is 0 Å². The minimum Gasteiger partial charge on any atom is -0.330 e. The van der Waals surface area contributed by atoms with Crippen molar-refractivity contribution in [3.8, 4) is 0 Å². The molecule has 1 atom stereocenters. The number of benzene rings is 1. The van der Waals surface area contributed by atoms with E-state index in [-0.39, 0.29) is 11.9 Å². The molecule has 1 aliphatic rings. The summed E-state index contributed by atoms with van der Waals surface area (Å²) in [5, 5.41) is 3.36. The summed E-state index contributed by atoms with van der Waals surface area (Å²) in [5.74, 6) is -0.154. The number of nitrogens with zero attached hydrogens (tertiary/aromatic N) is 2. The standard InChI is InChI=1S/C15H18FN3/c1-11(14-4-2-3-5-15(14)16)18-9-13-8-17-10-19(13)12-6-7-12/h2-5,8,10-12,18H,6-7,9H2,1H3. The van der Waals surface area contributed by atoms with E-state index in [4.69, 9.17) is 0 Å². The molecule has 19 heavy (non-hydrogen) atoms. The number of hydrogen-bond donors (Lipinski definition) is 1. The number of hydrogen-bond acceptors (Lipinski definition) is 2. The summed E-state index contributed by atoms with van der Waals surface area (Å²) in [6.45, 7) is 2.70. The highest BCUT2D eigenvalue weighted by molar-refractivity contribution is 5.20. The maximum Gasteiger partial charge on any atom is 0.127 e. The van der Waals surface area contributed by atoms with Crippen LogP contribution in [0.5, 0.6) is 0 Å². The molecule has 2 aromatic rings. The lowest BCUT2D eigenvalue weighted by Crippen LogP contribution is -2.20. The van der Waals surface area contributed by atoms with Gasteiger partial charge < -0.3 is 9.88 Å². The number of nitrogens with one attached hydrogen (secondary N) is 1. The van der Waals surface area contributed by atoms with Gasteiger partial charge in [-0.25, -0.2) is 9.37 Å². The molecule has 1 aliphatic carbocycles. The van der Waals surface area contributed by atoms with Crippen LogP contribution in [0.15, 0.2) is 36.8 Å². The highest BCUT2D eigenvalue weighted by atomic mass is 19.1. The molecule has 3 rings (SSSR count). The first-order valence-corrected chi connectivity index (χ1v) is 6.74. The van der Waals surface area contributed by atoms with Crippen LogP contribution in [0.2, 0.25) is 0 Å². The van der Waals surface area contributed by atoms with Crippen molar-refractivity contribution in [3.63, 3.8) is 0 Å². The molecule has 1 saturated carbocycles. The Morgan fingerprint density at radius 2 is 2.21 bits per heavy atom. The third-order valence-electron chi connectivity index (χ3n) is 3.65. The van der Waals surface area contributed by atoms with Gasteiger partial charge in [0.25, 0.3) is 0 Å². The Morgan fingerprint density at radius 3 is 2.95 bits per heavy atom. The van der Waals surface area contributed by atoms with Crippen LogP contribution in [-0.4, -0.2) is 9.55 Å². The van der Waals surface area contributed by atoms with Crippen LogP contribution in [-0.2, 0) is 6.54 Å². The SMILES string of the molecule is CC(NCc1cncn1C1CC1)c1ccccc1F. The maximum atomic E-state index is 13.7. The molecule has 1 unspecified atom stereocenters. The molecule has 1 aromatic heterocycles. The fraction of sp³-hybridized carbons (Fsp3) is 0.400. The van der Waals surface area contributed by atoms with Crippen LogP contribution in [0, 0.1) is 5.82 Å². The lowest BCUT2D eigenvalue weighted by atomic mass is 10.1. The highest BCUT2D eigenvalue weighted by Gasteiger charge is 2.25. The summed E-state index contributed by atoms with van der Waals surface area (Å²) < 4.78 is 15.9. The first-order chi connectivity index (χ1) is 9.25. The molecule has 0 bridgehead atoms. The van der Waals surface area contributed by atoms with Crippen molar-refractivity contribution in [2.24, 2.45) is 0 Å². The Balaban J connectivity index is 1.65. The number of imidazole rings is 1. The van der Waals surface area contributed by atoms with E-state index in [0.29, 0.717) is 18.2 Å². The van der Waals surface area contributed by atoms with Crippen molar-refractivity contribution >= 4 is 0 Å². The van der Waals surface area contributed by atoms with Gasteiger partial charge >= 0.3 is 0 Å². The molecule has 1 N–H and O–H groups in total.